The molecule has 1 fully saturated rings. The highest BCUT2D eigenvalue weighted by atomic mass is 16.2. The lowest BCUT2D eigenvalue weighted by Crippen LogP contribution is -2.22. The van der Waals surface area contributed by atoms with Gasteiger partial charge in [0.2, 0.25) is 0 Å². The van der Waals surface area contributed by atoms with Gasteiger partial charge in [0, 0.05) is 18.8 Å². The summed E-state index contributed by atoms with van der Waals surface area (Å²) in [5, 5.41) is 8.80. The number of nitrogens with zero attached hydrogens (tertiary/aromatic N) is 2. The van der Waals surface area contributed by atoms with Gasteiger partial charge >= 0.3 is 6.03 Å². The summed E-state index contributed by atoms with van der Waals surface area (Å²) in [4.78, 5) is 22.2. The first-order valence-electron chi connectivity index (χ1n) is 4.19. The van der Waals surface area contributed by atoms with Crippen LogP contribution in [0, 0.1) is 6.92 Å². The van der Waals surface area contributed by atoms with Crippen molar-refractivity contribution in [1.29, 1.82) is 0 Å². The van der Waals surface area contributed by atoms with Gasteiger partial charge < -0.3 is 5.32 Å². The van der Waals surface area contributed by atoms with Gasteiger partial charge in [-0.05, 0) is 6.92 Å². The average molecular weight is 194 g/mol. The number of hydrogen-bond acceptors (Lipinski definition) is 3. The van der Waals surface area contributed by atoms with E-state index < -0.39 is 12.1 Å². The highest BCUT2D eigenvalue weighted by molar-refractivity contribution is 6.04. The zero-order chi connectivity index (χ0) is 10.3. The number of amides is 3. The van der Waals surface area contributed by atoms with Gasteiger partial charge in [0.15, 0.2) is 0 Å². The van der Waals surface area contributed by atoms with Crippen molar-refractivity contribution < 1.29 is 9.59 Å². The molecule has 2 rings (SSSR count). The van der Waals surface area contributed by atoms with E-state index in [1.807, 2.05) is 0 Å². The summed E-state index contributed by atoms with van der Waals surface area (Å²) in [6.07, 6.45) is 1.73. The number of aryl methyl sites for hydroxylation is 2. The van der Waals surface area contributed by atoms with Gasteiger partial charge in [0.25, 0.3) is 5.91 Å². The van der Waals surface area contributed by atoms with E-state index >= 15 is 0 Å². The molecular formula is C8H10N4O2. The van der Waals surface area contributed by atoms with Crippen LogP contribution in [0.1, 0.15) is 17.3 Å². The molecule has 3 amide bonds. The first-order valence-corrected chi connectivity index (χ1v) is 4.19. The van der Waals surface area contributed by atoms with Crippen molar-refractivity contribution in [2.45, 2.75) is 13.0 Å². The zero-order valence-electron chi connectivity index (χ0n) is 7.87. The maximum atomic E-state index is 11.3. The first kappa shape index (κ1) is 8.74. The second-order valence-corrected chi connectivity index (χ2v) is 3.24. The first-order chi connectivity index (χ1) is 6.58. The van der Waals surface area contributed by atoms with Crippen LogP contribution in [0.3, 0.4) is 0 Å². The number of imide groups is 1. The molecule has 1 aliphatic heterocycles. The number of rotatable bonds is 1. The Morgan fingerprint density at radius 1 is 1.50 bits per heavy atom. The van der Waals surface area contributed by atoms with Crippen LogP contribution in [0.4, 0.5) is 4.79 Å². The Morgan fingerprint density at radius 3 is 2.64 bits per heavy atom. The second kappa shape index (κ2) is 2.83. The van der Waals surface area contributed by atoms with Crippen molar-refractivity contribution in [3.8, 4) is 0 Å². The van der Waals surface area contributed by atoms with Gasteiger partial charge in [0.1, 0.15) is 6.04 Å². The number of carbonyl (C=O) groups excluding carboxylic acids is 2. The molecule has 1 aromatic rings. The monoisotopic (exact) mass is 194 g/mol. The molecular weight excluding hydrogens is 184 g/mol. The van der Waals surface area contributed by atoms with Gasteiger partial charge in [-0.25, -0.2) is 4.79 Å². The second-order valence-electron chi connectivity index (χ2n) is 3.24. The molecule has 0 saturated carbocycles. The fourth-order valence-electron chi connectivity index (χ4n) is 1.54. The lowest BCUT2D eigenvalue weighted by molar-refractivity contribution is -0.120. The summed E-state index contributed by atoms with van der Waals surface area (Å²) >= 11 is 0. The molecule has 0 spiro atoms. The summed E-state index contributed by atoms with van der Waals surface area (Å²) < 4.78 is 1.61. The van der Waals surface area contributed by atoms with Crippen LogP contribution in [-0.2, 0) is 11.8 Å². The molecule has 74 valence electrons. The van der Waals surface area contributed by atoms with Crippen molar-refractivity contribution >= 4 is 11.9 Å². The maximum Gasteiger partial charge on any atom is 0.322 e. The largest absolute Gasteiger partial charge is 0.322 e. The fraction of sp³-hybridized carbons (Fsp3) is 0.375. The van der Waals surface area contributed by atoms with E-state index in [9.17, 15) is 9.59 Å². The van der Waals surface area contributed by atoms with E-state index in [4.69, 9.17) is 0 Å². The molecule has 1 unspecified atom stereocenters. The van der Waals surface area contributed by atoms with Crippen LogP contribution < -0.4 is 10.6 Å². The van der Waals surface area contributed by atoms with Crippen LogP contribution in [0.2, 0.25) is 0 Å². The molecule has 2 heterocycles. The Morgan fingerprint density at radius 2 is 2.21 bits per heavy atom. The van der Waals surface area contributed by atoms with E-state index in [1.165, 1.54) is 0 Å². The van der Waals surface area contributed by atoms with E-state index in [0.717, 1.165) is 11.3 Å². The third kappa shape index (κ3) is 1.24. The van der Waals surface area contributed by atoms with Crippen LogP contribution >= 0.6 is 0 Å². The minimum Gasteiger partial charge on any atom is -0.322 e. The molecule has 0 bridgehead atoms. The average Bonchev–Trinajstić information content (AvgIpc) is 2.55. The number of nitrogens with one attached hydrogen (secondary N) is 2. The Hall–Kier alpha value is -1.85. The molecule has 1 aromatic heterocycles. The molecule has 0 aromatic carbocycles. The van der Waals surface area contributed by atoms with Crippen LogP contribution in [0.15, 0.2) is 6.20 Å². The highest BCUT2D eigenvalue weighted by Crippen LogP contribution is 2.18. The fourth-order valence-corrected chi connectivity index (χ4v) is 1.54. The Labute approximate surface area is 80.3 Å². The lowest BCUT2D eigenvalue weighted by Gasteiger charge is -2.03. The molecule has 6 heteroatoms. The zero-order valence-corrected chi connectivity index (χ0v) is 7.87. The number of urea groups is 1. The van der Waals surface area contributed by atoms with Gasteiger partial charge in [-0.3, -0.25) is 14.8 Å². The molecule has 0 radical (unpaired) electrons. The normalized spacial score (nSPS) is 20.9. The summed E-state index contributed by atoms with van der Waals surface area (Å²) in [6, 6.07) is -1.06. The van der Waals surface area contributed by atoms with Crippen molar-refractivity contribution in [3.63, 3.8) is 0 Å². The van der Waals surface area contributed by atoms with Crippen LogP contribution in [0.5, 0.6) is 0 Å². The summed E-state index contributed by atoms with van der Waals surface area (Å²) in [5.41, 5.74) is 1.48. The maximum absolute atomic E-state index is 11.3. The standard InChI is InChI=1S/C8H10N4O2/c1-4-5(3-12(2)11-4)6-7(13)10-8(14)9-6/h3,6H,1-2H3,(H2,9,10,13,14). The molecule has 1 atom stereocenters. The van der Waals surface area contributed by atoms with Crippen molar-refractivity contribution in [2.75, 3.05) is 0 Å². The molecule has 2 N–H and O–H groups in total. The van der Waals surface area contributed by atoms with Gasteiger partial charge in [-0.2, -0.15) is 5.10 Å². The molecule has 6 nitrogen and oxygen atoms in total. The van der Waals surface area contributed by atoms with Crippen LogP contribution in [-0.4, -0.2) is 21.7 Å². The predicted molar refractivity (Wildman–Crippen MR) is 47.4 cm³/mol. The summed E-state index contributed by atoms with van der Waals surface area (Å²) in [7, 11) is 1.77. The molecule has 14 heavy (non-hydrogen) atoms. The Balaban J connectivity index is 2.36. The minimum absolute atomic E-state index is 0.328. The van der Waals surface area contributed by atoms with E-state index in [2.05, 4.69) is 15.7 Å². The van der Waals surface area contributed by atoms with Gasteiger partial charge in [0.05, 0.1) is 5.69 Å². The third-order valence-electron chi connectivity index (χ3n) is 2.14. The highest BCUT2D eigenvalue weighted by Gasteiger charge is 2.32. The summed E-state index contributed by atoms with van der Waals surface area (Å²) in [6.45, 7) is 1.80. The van der Waals surface area contributed by atoms with Crippen molar-refractivity contribution in [3.05, 3.63) is 17.5 Å². The summed E-state index contributed by atoms with van der Waals surface area (Å²) in [5.74, 6) is -0.328. The number of hydrogen-bond donors (Lipinski definition) is 2. The molecule has 0 aliphatic carbocycles. The van der Waals surface area contributed by atoms with Gasteiger partial charge in [-0.1, -0.05) is 0 Å². The Bertz CT molecular complexity index is 409. The van der Waals surface area contributed by atoms with Crippen molar-refractivity contribution in [2.24, 2.45) is 7.05 Å². The Kier molecular flexibility index (Phi) is 1.77. The molecule has 1 saturated heterocycles. The number of aromatic nitrogens is 2. The van der Waals surface area contributed by atoms with E-state index in [-0.39, 0.29) is 5.91 Å². The minimum atomic E-state index is -0.601. The van der Waals surface area contributed by atoms with Crippen molar-refractivity contribution in [1.82, 2.24) is 20.4 Å². The van der Waals surface area contributed by atoms with E-state index in [0.29, 0.717) is 0 Å². The number of carbonyl (C=O) groups is 2. The predicted octanol–water partition coefficient (Wildman–Crippen LogP) is -0.391. The lowest BCUT2D eigenvalue weighted by atomic mass is 10.1. The van der Waals surface area contributed by atoms with Crippen LogP contribution in [0.25, 0.3) is 0 Å². The SMILES string of the molecule is Cc1nn(C)cc1C1NC(=O)NC1=O. The smallest absolute Gasteiger partial charge is 0.322 e. The molecule has 1 aliphatic rings. The van der Waals surface area contributed by atoms with Gasteiger partial charge in [-0.15, -0.1) is 0 Å². The topological polar surface area (TPSA) is 76.0 Å². The third-order valence-corrected chi connectivity index (χ3v) is 2.14. The van der Waals surface area contributed by atoms with E-state index in [1.54, 1.807) is 24.9 Å². The quantitative estimate of drug-likeness (QED) is 0.598.